The molecule has 0 spiro atoms. The number of hydrogen-bond donors (Lipinski definition) is 2. The lowest BCUT2D eigenvalue weighted by Crippen LogP contribution is -2.40. The van der Waals surface area contributed by atoms with Crippen LogP contribution in [0.25, 0.3) is 0 Å². The molecule has 19 heavy (non-hydrogen) atoms. The molecule has 0 saturated heterocycles. The molecule has 2 N–H and O–H groups in total. The largest absolute Gasteiger partial charge is 0.381 e. The molecule has 1 saturated carbocycles. The number of aromatic nitrogens is 1. The van der Waals surface area contributed by atoms with Gasteiger partial charge in [-0.05, 0) is 19.3 Å². The Kier molecular flexibility index (Phi) is 4.52. The predicted molar refractivity (Wildman–Crippen MR) is 70.4 cm³/mol. The van der Waals surface area contributed by atoms with Gasteiger partial charge in [-0.25, -0.2) is 13.8 Å². The van der Waals surface area contributed by atoms with Crippen molar-refractivity contribution in [3.63, 3.8) is 0 Å². The van der Waals surface area contributed by atoms with E-state index in [1.165, 1.54) is 0 Å². The van der Waals surface area contributed by atoms with Gasteiger partial charge in [0.15, 0.2) is 23.3 Å². The lowest BCUT2D eigenvalue weighted by Gasteiger charge is -2.35. The number of nitrogens with one attached hydrogen (secondary N) is 2. The van der Waals surface area contributed by atoms with Crippen LogP contribution in [-0.4, -0.2) is 30.8 Å². The van der Waals surface area contributed by atoms with Gasteiger partial charge in [-0.15, -0.1) is 0 Å². The highest BCUT2D eigenvalue weighted by molar-refractivity contribution is 5.48. The van der Waals surface area contributed by atoms with Gasteiger partial charge in [0.05, 0.1) is 6.10 Å². The number of anilines is 2. The topological polar surface area (TPSA) is 46.2 Å². The van der Waals surface area contributed by atoms with E-state index in [-0.39, 0.29) is 23.8 Å². The Bertz CT molecular complexity index is 436. The van der Waals surface area contributed by atoms with Crippen molar-refractivity contribution >= 4 is 11.6 Å². The number of hydrogen-bond acceptors (Lipinski definition) is 4. The van der Waals surface area contributed by atoms with Crippen molar-refractivity contribution in [2.24, 2.45) is 0 Å². The highest BCUT2D eigenvalue weighted by Gasteiger charge is 2.30. The molecule has 0 amide bonds. The fourth-order valence-electron chi connectivity index (χ4n) is 2.00. The van der Waals surface area contributed by atoms with Crippen molar-refractivity contribution in [1.29, 1.82) is 0 Å². The summed E-state index contributed by atoms with van der Waals surface area (Å²) < 4.78 is 32.3. The standard InChI is InChI=1S/C13H19F2N3O/c1-3-4-16-12-10(14)7-11(15)13(18-12)17-8-5-9(6-8)19-2/h7-9H,3-6H2,1-2H3,(H2,16,17,18). The summed E-state index contributed by atoms with van der Waals surface area (Å²) in [6.45, 7) is 2.57. The second-order valence-corrected chi connectivity index (χ2v) is 4.75. The Hall–Kier alpha value is -1.43. The summed E-state index contributed by atoms with van der Waals surface area (Å²) in [5, 5.41) is 5.82. The summed E-state index contributed by atoms with van der Waals surface area (Å²) in [4.78, 5) is 3.97. The Balaban J connectivity index is 2.03. The Morgan fingerprint density at radius 1 is 1.32 bits per heavy atom. The van der Waals surface area contributed by atoms with Crippen LogP contribution in [-0.2, 0) is 4.74 Å². The summed E-state index contributed by atoms with van der Waals surface area (Å²) in [6.07, 6.45) is 2.69. The van der Waals surface area contributed by atoms with Gasteiger partial charge in [-0.2, -0.15) is 0 Å². The minimum absolute atomic E-state index is 0.0911. The number of rotatable bonds is 6. The number of methoxy groups -OCH3 is 1. The van der Waals surface area contributed by atoms with Gasteiger partial charge in [-0.1, -0.05) is 6.92 Å². The molecular weight excluding hydrogens is 252 g/mol. The Morgan fingerprint density at radius 3 is 2.63 bits per heavy atom. The van der Waals surface area contributed by atoms with E-state index in [0.29, 0.717) is 6.54 Å². The van der Waals surface area contributed by atoms with E-state index in [9.17, 15) is 8.78 Å². The normalized spacial score (nSPS) is 21.9. The van der Waals surface area contributed by atoms with E-state index in [1.807, 2.05) is 6.92 Å². The molecule has 0 bridgehead atoms. The van der Waals surface area contributed by atoms with Crippen LogP contribution in [0.4, 0.5) is 20.4 Å². The zero-order valence-electron chi connectivity index (χ0n) is 11.2. The molecular formula is C13H19F2N3O. The average molecular weight is 271 g/mol. The highest BCUT2D eigenvalue weighted by Crippen LogP contribution is 2.27. The second-order valence-electron chi connectivity index (χ2n) is 4.75. The van der Waals surface area contributed by atoms with Gasteiger partial charge in [-0.3, -0.25) is 0 Å². The highest BCUT2D eigenvalue weighted by atomic mass is 19.1. The first kappa shape index (κ1) is 14.0. The molecule has 1 aliphatic carbocycles. The molecule has 1 aromatic rings. The summed E-state index contributed by atoms with van der Waals surface area (Å²) in [6, 6.07) is 0.996. The molecule has 6 heteroatoms. The molecule has 1 heterocycles. The second kappa shape index (κ2) is 6.14. The third-order valence-corrected chi connectivity index (χ3v) is 3.24. The minimum Gasteiger partial charge on any atom is -0.381 e. The molecule has 1 aromatic heterocycles. The molecule has 2 rings (SSSR count). The van der Waals surface area contributed by atoms with Crippen molar-refractivity contribution in [2.75, 3.05) is 24.3 Å². The molecule has 0 aliphatic heterocycles. The fraction of sp³-hybridized carbons (Fsp3) is 0.615. The zero-order chi connectivity index (χ0) is 13.8. The van der Waals surface area contributed by atoms with Crippen molar-refractivity contribution in [1.82, 2.24) is 4.98 Å². The minimum atomic E-state index is -0.667. The van der Waals surface area contributed by atoms with Crippen molar-refractivity contribution in [3.8, 4) is 0 Å². The van der Waals surface area contributed by atoms with Gasteiger partial charge in [0.1, 0.15) is 0 Å². The maximum absolute atomic E-state index is 13.6. The molecule has 0 aromatic carbocycles. The van der Waals surface area contributed by atoms with Gasteiger partial charge in [0, 0.05) is 25.8 Å². The molecule has 1 fully saturated rings. The first-order valence-electron chi connectivity index (χ1n) is 6.53. The monoisotopic (exact) mass is 271 g/mol. The summed E-state index contributed by atoms with van der Waals surface area (Å²) >= 11 is 0. The summed E-state index contributed by atoms with van der Waals surface area (Å²) in [5.41, 5.74) is 0. The van der Waals surface area contributed by atoms with Crippen molar-refractivity contribution in [3.05, 3.63) is 17.7 Å². The molecule has 0 unspecified atom stereocenters. The molecule has 0 radical (unpaired) electrons. The average Bonchev–Trinajstić information content (AvgIpc) is 2.34. The summed E-state index contributed by atoms with van der Waals surface area (Å²) in [5.74, 6) is -1.15. The number of pyridine rings is 1. The zero-order valence-corrected chi connectivity index (χ0v) is 11.2. The van der Waals surface area contributed by atoms with E-state index >= 15 is 0 Å². The van der Waals surface area contributed by atoms with E-state index in [1.54, 1.807) is 7.11 Å². The van der Waals surface area contributed by atoms with Crippen LogP contribution in [0.1, 0.15) is 26.2 Å². The van der Waals surface area contributed by atoms with Crippen molar-refractivity contribution < 1.29 is 13.5 Å². The van der Waals surface area contributed by atoms with E-state index in [2.05, 4.69) is 15.6 Å². The van der Waals surface area contributed by atoms with Crippen LogP contribution < -0.4 is 10.6 Å². The van der Waals surface area contributed by atoms with E-state index in [4.69, 9.17) is 4.74 Å². The fourth-order valence-corrected chi connectivity index (χ4v) is 2.00. The lowest BCUT2D eigenvalue weighted by atomic mass is 9.89. The lowest BCUT2D eigenvalue weighted by molar-refractivity contribution is 0.0327. The predicted octanol–water partition coefficient (Wildman–Crippen LogP) is 2.77. The van der Waals surface area contributed by atoms with Crippen LogP contribution in [0.3, 0.4) is 0 Å². The van der Waals surface area contributed by atoms with E-state index < -0.39 is 11.6 Å². The third-order valence-electron chi connectivity index (χ3n) is 3.24. The molecule has 4 nitrogen and oxygen atoms in total. The first-order valence-corrected chi connectivity index (χ1v) is 6.53. The van der Waals surface area contributed by atoms with Crippen LogP contribution in [0.5, 0.6) is 0 Å². The van der Waals surface area contributed by atoms with Gasteiger partial charge in [0.25, 0.3) is 0 Å². The molecule has 1 aliphatic rings. The quantitative estimate of drug-likeness (QED) is 0.835. The van der Waals surface area contributed by atoms with Crippen molar-refractivity contribution in [2.45, 2.75) is 38.3 Å². The maximum Gasteiger partial charge on any atom is 0.168 e. The molecule has 106 valence electrons. The van der Waals surface area contributed by atoms with Gasteiger partial charge < -0.3 is 15.4 Å². The smallest absolute Gasteiger partial charge is 0.168 e. The van der Waals surface area contributed by atoms with E-state index in [0.717, 1.165) is 25.3 Å². The van der Waals surface area contributed by atoms with Gasteiger partial charge in [0.2, 0.25) is 0 Å². The van der Waals surface area contributed by atoms with Crippen LogP contribution >= 0.6 is 0 Å². The van der Waals surface area contributed by atoms with Crippen LogP contribution in [0.15, 0.2) is 6.07 Å². The Morgan fingerprint density at radius 2 is 2.00 bits per heavy atom. The number of nitrogens with zero attached hydrogens (tertiary/aromatic N) is 1. The Labute approximate surface area is 111 Å². The number of ether oxygens (including phenoxy) is 1. The first-order chi connectivity index (χ1) is 9.13. The third kappa shape index (κ3) is 3.32. The van der Waals surface area contributed by atoms with Crippen LogP contribution in [0.2, 0.25) is 0 Å². The molecule has 0 atom stereocenters. The SMILES string of the molecule is CCCNc1nc(NC2CC(OC)C2)c(F)cc1F. The van der Waals surface area contributed by atoms with Crippen LogP contribution in [0, 0.1) is 11.6 Å². The summed E-state index contributed by atoms with van der Waals surface area (Å²) in [7, 11) is 1.66. The number of halogens is 2. The maximum atomic E-state index is 13.6. The van der Waals surface area contributed by atoms with Gasteiger partial charge >= 0.3 is 0 Å².